The van der Waals surface area contributed by atoms with E-state index >= 15 is 0 Å². The minimum Gasteiger partial charge on any atom is -0.489 e. The fourth-order valence-corrected chi connectivity index (χ4v) is 2.23. The van der Waals surface area contributed by atoms with Crippen LogP contribution in [0.25, 0.3) is 0 Å². The molecule has 0 aliphatic heterocycles. The molecule has 0 aliphatic carbocycles. The molecule has 5 heteroatoms. The molecule has 0 heterocycles. The smallest absolute Gasteiger partial charge is 0.309 e. The number of oxime groups is 1. The monoisotopic (exact) mass is 313 g/mol. The van der Waals surface area contributed by atoms with Gasteiger partial charge in [-0.2, -0.15) is 0 Å². The lowest BCUT2D eigenvalue weighted by molar-refractivity contribution is -0.135. The average molecular weight is 313 g/mol. The molecule has 0 fully saturated rings. The second-order valence-electron chi connectivity index (χ2n) is 5.00. The molecule has 0 aliphatic rings. The summed E-state index contributed by atoms with van der Waals surface area (Å²) in [5.74, 6) is -0.166. The van der Waals surface area contributed by atoms with E-state index in [1.54, 1.807) is 0 Å². The molecule has 23 heavy (non-hydrogen) atoms. The zero-order valence-corrected chi connectivity index (χ0v) is 13.2. The predicted octanol–water partition coefficient (Wildman–Crippen LogP) is 3.40. The van der Waals surface area contributed by atoms with Crippen molar-refractivity contribution in [3.05, 3.63) is 65.2 Å². The van der Waals surface area contributed by atoms with Gasteiger partial charge in [0.25, 0.3) is 0 Å². The number of ether oxygens (including phenoxy) is 1. The van der Waals surface area contributed by atoms with Crippen LogP contribution in [-0.4, -0.2) is 23.9 Å². The minimum atomic E-state index is -0.963. The van der Waals surface area contributed by atoms with E-state index in [2.05, 4.69) is 5.16 Å². The largest absolute Gasteiger partial charge is 0.489 e. The van der Waals surface area contributed by atoms with Crippen molar-refractivity contribution in [3.63, 3.8) is 0 Å². The number of hydrogen-bond donors (Lipinski definition) is 1. The van der Waals surface area contributed by atoms with Crippen LogP contribution in [0.5, 0.6) is 5.75 Å². The molecule has 0 spiro atoms. The molecule has 0 unspecified atom stereocenters. The number of rotatable bonds is 7. The van der Waals surface area contributed by atoms with Crippen molar-refractivity contribution in [1.29, 1.82) is 0 Å². The van der Waals surface area contributed by atoms with Crippen LogP contribution >= 0.6 is 0 Å². The van der Waals surface area contributed by atoms with Crippen LogP contribution in [0, 0.1) is 6.92 Å². The minimum absolute atomic E-state index is 0.213. The maximum absolute atomic E-state index is 11.0. The first kappa shape index (κ1) is 16.5. The standard InChI is InChI=1S/C18H19NO4/c1-13-7-3-6-10-17(13)23-12-14-8-4-5-9-15(14)16(19-22-2)11-18(20)21/h3-10H,11-12H2,1-2H3,(H,20,21)/b19-16+. The summed E-state index contributed by atoms with van der Waals surface area (Å²) in [6.07, 6.45) is -0.213. The van der Waals surface area contributed by atoms with Crippen LogP contribution in [0.1, 0.15) is 23.1 Å². The molecular formula is C18H19NO4. The van der Waals surface area contributed by atoms with Crippen LogP contribution in [0.4, 0.5) is 0 Å². The van der Waals surface area contributed by atoms with E-state index in [0.29, 0.717) is 17.9 Å². The van der Waals surface area contributed by atoms with Gasteiger partial charge in [-0.1, -0.05) is 47.6 Å². The van der Waals surface area contributed by atoms with Crippen LogP contribution in [-0.2, 0) is 16.2 Å². The number of para-hydroxylation sites is 1. The fraction of sp³-hybridized carbons (Fsp3) is 0.222. The van der Waals surface area contributed by atoms with Crippen molar-refractivity contribution in [3.8, 4) is 5.75 Å². The summed E-state index contributed by atoms with van der Waals surface area (Å²) in [4.78, 5) is 15.8. The maximum atomic E-state index is 11.0. The SMILES string of the molecule is CO/N=C(\CC(=O)O)c1ccccc1COc1ccccc1C. The van der Waals surface area contributed by atoms with E-state index in [0.717, 1.165) is 16.9 Å². The maximum Gasteiger partial charge on any atom is 0.309 e. The molecule has 0 aromatic heterocycles. The van der Waals surface area contributed by atoms with Crippen molar-refractivity contribution in [2.75, 3.05) is 7.11 Å². The lowest BCUT2D eigenvalue weighted by Gasteiger charge is -2.13. The first-order chi connectivity index (χ1) is 11.1. The topological polar surface area (TPSA) is 68.1 Å². The van der Waals surface area contributed by atoms with Gasteiger partial charge in [0.1, 0.15) is 19.5 Å². The molecule has 2 aromatic rings. The molecule has 2 aromatic carbocycles. The van der Waals surface area contributed by atoms with Gasteiger partial charge in [0.05, 0.1) is 12.1 Å². The molecule has 0 radical (unpaired) electrons. The number of carboxylic acid groups (broad SMARTS) is 1. The highest BCUT2D eigenvalue weighted by Crippen LogP contribution is 2.20. The zero-order valence-electron chi connectivity index (χ0n) is 13.2. The molecule has 5 nitrogen and oxygen atoms in total. The molecule has 0 saturated carbocycles. The predicted molar refractivity (Wildman–Crippen MR) is 87.8 cm³/mol. The van der Waals surface area contributed by atoms with Gasteiger partial charge in [0, 0.05) is 5.56 Å². The van der Waals surface area contributed by atoms with Crippen molar-refractivity contribution in [2.24, 2.45) is 5.16 Å². The Morgan fingerprint density at radius 2 is 1.83 bits per heavy atom. The zero-order chi connectivity index (χ0) is 16.7. The van der Waals surface area contributed by atoms with E-state index in [1.807, 2.05) is 55.5 Å². The third kappa shape index (κ3) is 4.57. The van der Waals surface area contributed by atoms with Gasteiger partial charge in [0.15, 0.2) is 0 Å². The Kier molecular flexibility index (Phi) is 5.74. The molecule has 0 bridgehead atoms. The van der Waals surface area contributed by atoms with Gasteiger partial charge >= 0.3 is 5.97 Å². The Labute approximate surface area is 135 Å². The molecule has 0 saturated heterocycles. The fourth-order valence-electron chi connectivity index (χ4n) is 2.23. The summed E-state index contributed by atoms with van der Waals surface area (Å²) in [6, 6.07) is 15.2. The van der Waals surface area contributed by atoms with Crippen molar-refractivity contribution in [2.45, 2.75) is 20.0 Å². The van der Waals surface area contributed by atoms with Crippen LogP contribution < -0.4 is 4.74 Å². The van der Waals surface area contributed by atoms with E-state index in [4.69, 9.17) is 14.7 Å². The van der Waals surface area contributed by atoms with Gasteiger partial charge in [-0.25, -0.2) is 0 Å². The van der Waals surface area contributed by atoms with Crippen LogP contribution in [0.2, 0.25) is 0 Å². The Balaban J connectivity index is 2.24. The lowest BCUT2D eigenvalue weighted by atomic mass is 10.0. The van der Waals surface area contributed by atoms with Crippen molar-refractivity contribution >= 4 is 11.7 Å². The molecule has 120 valence electrons. The normalized spacial score (nSPS) is 11.1. The van der Waals surface area contributed by atoms with Crippen molar-refractivity contribution < 1.29 is 19.5 Å². The van der Waals surface area contributed by atoms with E-state index in [-0.39, 0.29) is 6.42 Å². The van der Waals surface area contributed by atoms with Gasteiger partial charge in [-0.05, 0) is 24.1 Å². The number of aryl methyl sites for hydroxylation is 1. The molecule has 2 rings (SSSR count). The quantitative estimate of drug-likeness (QED) is 0.628. The number of carboxylic acids is 1. The summed E-state index contributed by atoms with van der Waals surface area (Å²) >= 11 is 0. The number of nitrogens with zero attached hydrogens (tertiary/aromatic N) is 1. The summed E-state index contributed by atoms with van der Waals surface area (Å²) in [6.45, 7) is 2.30. The highest BCUT2D eigenvalue weighted by molar-refractivity contribution is 6.09. The van der Waals surface area contributed by atoms with Crippen molar-refractivity contribution in [1.82, 2.24) is 0 Å². The summed E-state index contributed by atoms with van der Waals surface area (Å²) in [7, 11) is 1.40. The summed E-state index contributed by atoms with van der Waals surface area (Å²) in [5.41, 5.74) is 2.98. The second-order valence-corrected chi connectivity index (χ2v) is 5.00. The van der Waals surface area contributed by atoms with Gasteiger partial charge < -0.3 is 14.7 Å². The number of carbonyl (C=O) groups is 1. The third-order valence-corrected chi connectivity index (χ3v) is 3.33. The highest BCUT2D eigenvalue weighted by Gasteiger charge is 2.14. The molecular weight excluding hydrogens is 294 g/mol. The third-order valence-electron chi connectivity index (χ3n) is 3.33. The first-order valence-corrected chi connectivity index (χ1v) is 7.20. The number of hydrogen-bond acceptors (Lipinski definition) is 4. The Bertz CT molecular complexity index is 710. The Hall–Kier alpha value is -2.82. The van der Waals surface area contributed by atoms with E-state index in [9.17, 15) is 4.79 Å². The van der Waals surface area contributed by atoms with E-state index in [1.165, 1.54) is 7.11 Å². The molecule has 0 amide bonds. The number of benzene rings is 2. The number of aliphatic carboxylic acids is 1. The highest BCUT2D eigenvalue weighted by atomic mass is 16.6. The first-order valence-electron chi connectivity index (χ1n) is 7.20. The second kappa shape index (κ2) is 7.98. The van der Waals surface area contributed by atoms with Gasteiger partial charge in [-0.3, -0.25) is 4.79 Å². The van der Waals surface area contributed by atoms with Gasteiger partial charge in [-0.15, -0.1) is 0 Å². The summed E-state index contributed by atoms with van der Waals surface area (Å²) < 4.78 is 5.85. The van der Waals surface area contributed by atoms with E-state index < -0.39 is 5.97 Å². The Morgan fingerprint density at radius 1 is 1.13 bits per heavy atom. The average Bonchev–Trinajstić information content (AvgIpc) is 2.54. The Morgan fingerprint density at radius 3 is 2.52 bits per heavy atom. The lowest BCUT2D eigenvalue weighted by Crippen LogP contribution is -2.12. The summed E-state index contributed by atoms with van der Waals surface area (Å²) in [5, 5.41) is 12.9. The van der Waals surface area contributed by atoms with Crippen LogP contribution in [0.3, 0.4) is 0 Å². The van der Waals surface area contributed by atoms with Crippen LogP contribution in [0.15, 0.2) is 53.7 Å². The molecule has 1 N–H and O–H groups in total. The van der Waals surface area contributed by atoms with Gasteiger partial charge in [0.2, 0.25) is 0 Å². The molecule has 0 atom stereocenters.